The fourth-order valence-corrected chi connectivity index (χ4v) is 1.10. The predicted molar refractivity (Wildman–Crippen MR) is 50.0 cm³/mol. The minimum Gasteiger partial charge on any atom is -0.508 e. The third-order valence-electron chi connectivity index (χ3n) is 1.96. The lowest BCUT2D eigenvalue weighted by Gasteiger charge is -2.10. The minimum atomic E-state index is -0.245. The van der Waals surface area contributed by atoms with Crippen LogP contribution >= 0.6 is 0 Å². The molecule has 0 aliphatic heterocycles. The van der Waals surface area contributed by atoms with Gasteiger partial charge in [-0.25, -0.2) is 0 Å². The van der Waals surface area contributed by atoms with E-state index in [1.807, 2.05) is 0 Å². The van der Waals surface area contributed by atoms with Crippen molar-refractivity contribution in [1.82, 2.24) is 0 Å². The summed E-state index contributed by atoms with van der Waals surface area (Å²) in [5.41, 5.74) is 12.4. The number of hydrogen-bond donors (Lipinski definition) is 4. The van der Waals surface area contributed by atoms with Crippen molar-refractivity contribution >= 4 is 0 Å². The first kappa shape index (κ1) is 9.98. The summed E-state index contributed by atoms with van der Waals surface area (Å²) in [6, 6.07) is 4.63. The van der Waals surface area contributed by atoms with E-state index in [9.17, 15) is 5.11 Å². The number of nitrogens with two attached hydrogens (primary N) is 2. The second kappa shape index (κ2) is 4.23. The number of phenols is 1. The number of benzene rings is 1. The molecule has 0 amide bonds. The summed E-state index contributed by atoms with van der Waals surface area (Å²) in [5, 5.41) is 18.1. The summed E-state index contributed by atoms with van der Waals surface area (Å²) in [6.45, 7) is 0.145. The highest BCUT2D eigenvalue weighted by molar-refractivity contribution is 5.36. The Kier molecular flexibility index (Phi) is 3.25. The van der Waals surface area contributed by atoms with Crippen LogP contribution in [0.1, 0.15) is 17.2 Å². The molecule has 6 N–H and O–H groups in total. The summed E-state index contributed by atoms with van der Waals surface area (Å²) in [7, 11) is 0. The average molecular weight is 182 g/mol. The summed E-state index contributed by atoms with van der Waals surface area (Å²) in [6.07, 6.45) is 0. The molecule has 0 saturated carbocycles. The number of aliphatic hydroxyl groups excluding tert-OH is 1. The highest BCUT2D eigenvalue weighted by Gasteiger charge is 2.06. The molecule has 0 aliphatic rings. The van der Waals surface area contributed by atoms with Gasteiger partial charge in [0.15, 0.2) is 0 Å². The molecule has 4 heteroatoms. The summed E-state index contributed by atoms with van der Waals surface area (Å²) in [4.78, 5) is 0. The number of aliphatic hydroxyl groups is 1. The molecule has 0 saturated heterocycles. The first-order chi connectivity index (χ1) is 6.19. The monoisotopic (exact) mass is 182 g/mol. The van der Waals surface area contributed by atoms with Gasteiger partial charge in [-0.05, 0) is 17.7 Å². The second-order valence-corrected chi connectivity index (χ2v) is 2.89. The van der Waals surface area contributed by atoms with E-state index in [0.29, 0.717) is 12.1 Å². The molecule has 0 spiro atoms. The van der Waals surface area contributed by atoms with E-state index < -0.39 is 0 Å². The van der Waals surface area contributed by atoms with Crippen molar-refractivity contribution in [3.63, 3.8) is 0 Å². The van der Waals surface area contributed by atoms with E-state index in [2.05, 4.69) is 0 Å². The lowest BCUT2D eigenvalue weighted by molar-refractivity contribution is 0.275. The van der Waals surface area contributed by atoms with Crippen molar-refractivity contribution in [1.29, 1.82) is 0 Å². The van der Waals surface area contributed by atoms with Gasteiger partial charge < -0.3 is 21.7 Å². The predicted octanol–water partition coefficient (Wildman–Crippen LogP) is -0.157. The molecular weight excluding hydrogens is 168 g/mol. The first-order valence-electron chi connectivity index (χ1n) is 4.07. The standard InChI is InChI=1S/C9H14N2O2/c10-4-8(11)6-1-2-9(13)7(3-6)5-12/h1-3,8,12-13H,4-5,10-11H2. The topological polar surface area (TPSA) is 92.5 Å². The average Bonchev–Trinajstić information content (AvgIpc) is 2.17. The van der Waals surface area contributed by atoms with Gasteiger partial charge in [-0.3, -0.25) is 0 Å². The van der Waals surface area contributed by atoms with Gasteiger partial charge in [-0.2, -0.15) is 0 Å². The van der Waals surface area contributed by atoms with Crippen molar-refractivity contribution in [3.05, 3.63) is 29.3 Å². The molecular formula is C9H14N2O2. The largest absolute Gasteiger partial charge is 0.508 e. The van der Waals surface area contributed by atoms with E-state index in [1.165, 1.54) is 6.07 Å². The Hall–Kier alpha value is -1.10. The van der Waals surface area contributed by atoms with Gasteiger partial charge in [0.1, 0.15) is 5.75 Å². The summed E-state index contributed by atoms with van der Waals surface area (Å²) in [5.74, 6) is 0.0791. The van der Waals surface area contributed by atoms with Crippen LogP contribution in [0, 0.1) is 0 Å². The van der Waals surface area contributed by atoms with Gasteiger partial charge >= 0.3 is 0 Å². The van der Waals surface area contributed by atoms with Crippen molar-refractivity contribution in [2.75, 3.05) is 6.54 Å². The van der Waals surface area contributed by atoms with Gasteiger partial charge in [-0.15, -0.1) is 0 Å². The Morgan fingerprint density at radius 2 is 2.08 bits per heavy atom. The highest BCUT2D eigenvalue weighted by atomic mass is 16.3. The summed E-state index contributed by atoms with van der Waals surface area (Å²) < 4.78 is 0. The highest BCUT2D eigenvalue weighted by Crippen LogP contribution is 2.20. The molecule has 0 aliphatic carbocycles. The smallest absolute Gasteiger partial charge is 0.121 e. The van der Waals surface area contributed by atoms with Gasteiger partial charge in [0, 0.05) is 18.2 Å². The zero-order valence-electron chi connectivity index (χ0n) is 7.27. The molecule has 13 heavy (non-hydrogen) atoms. The number of aromatic hydroxyl groups is 1. The van der Waals surface area contributed by atoms with Gasteiger partial charge in [0.2, 0.25) is 0 Å². The quantitative estimate of drug-likeness (QED) is 0.522. The number of hydrogen-bond acceptors (Lipinski definition) is 4. The molecule has 4 nitrogen and oxygen atoms in total. The van der Waals surface area contributed by atoms with Crippen LogP contribution in [0.3, 0.4) is 0 Å². The lowest BCUT2D eigenvalue weighted by atomic mass is 10.0. The van der Waals surface area contributed by atoms with Crippen LogP contribution in [0.2, 0.25) is 0 Å². The van der Waals surface area contributed by atoms with Crippen molar-refractivity contribution < 1.29 is 10.2 Å². The van der Waals surface area contributed by atoms with Crippen LogP contribution in [0.15, 0.2) is 18.2 Å². The van der Waals surface area contributed by atoms with Crippen LogP contribution in [0.5, 0.6) is 5.75 Å². The Labute approximate surface area is 76.8 Å². The molecule has 0 aromatic heterocycles. The fourth-order valence-electron chi connectivity index (χ4n) is 1.10. The molecule has 0 radical (unpaired) electrons. The number of rotatable bonds is 3. The molecule has 1 unspecified atom stereocenters. The zero-order valence-corrected chi connectivity index (χ0v) is 7.27. The first-order valence-corrected chi connectivity index (χ1v) is 4.07. The van der Waals surface area contributed by atoms with Crippen molar-refractivity contribution in [2.24, 2.45) is 11.5 Å². The molecule has 1 rings (SSSR count). The Morgan fingerprint density at radius 1 is 1.38 bits per heavy atom. The van der Waals surface area contributed by atoms with Gasteiger partial charge in [0.05, 0.1) is 6.61 Å². The molecule has 1 aromatic rings. The van der Waals surface area contributed by atoms with E-state index in [1.54, 1.807) is 12.1 Å². The maximum absolute atomic E-state index is 9.26. The molecule has 0 heterocycles. The van der Waals surface area contributed by atoms with E-state index in [0.717, 1.165) is 5.56 Å². The van der Waals surface area contributed by atoms with E-state index >= 15 is 0 Å². The molecule has 72 valence electrons. The van der Waals surface area contributed by atoms with E-state index in [4.69, 9.17) is 16.6 Å². The van der Waals surface area contributed by atoms with E-state index in [-0.39, 0.29) is 18.4 Å². The Morgan fingerprint density at radius 3 is 2.62 bits per heavy atom. The molecule has 0 fully saturated rings. The van der Waals surface area contributed by atoms with Crippen LogP contribution in [-0.2, 0) is 6.61 Å². The molecule has 0 bridgehead atoms. The van der Waals surface area contributed by atoms with Crippen LogP contribution in [-0.4, -0.2) is 16.8 Å². The summed E-state index contributed by atoms with van der Waals surface area (Å²) >= 11 is 0. The molecule has 1 aromatic carbocycles. The van der Waals surface area contributed by atoms with Gasteiger partial charge in [-0.1, -0.05) is 6.07 Å². The van der Waals surface area contributed by atoms with Crippen molar-refractivity contribution in [2.45, 2.75) is 12.6 Å². The minimum absolute atomic E-state index is 0.0791. The Bertz CT molecular complexity index is 289. The zero-order chi connectivity index (χ0) is 9.84. The third-order valence-corrected chi connectivity index (χ3v) is 1.96. The second-order valence-electron chi connectivity index (χ2n) is 2.89. The van der Waals surface area contributed by atoms with Crippen molar-refractivity contribution in [3.8, 4) is 5.75 Å². The fraction of sp³-hybridized carbons (Fsp3) is 0.333. The Balaban J connectivity index is 2.99. The van der Waals surface area contributed by atoms with Crippen LogP contribution < -0.4 is 11.5 Å². The van der Waals surface area contributed by atoms with Gasteiger partial charge in [0.25, 0.3) is 0 Å². The lowest BCUT2D eigenvalue weighted by Crippen LogP contribution is -2.20. The molecule has 1 atom stereocenters. The maximum atomic E-state index is 9.26. The third kappa shape index (κ3) is 2.18. The van der Waals surface area contributed by atoms with Crippen LogP contribution in [0.25, 0.3) is 0 Å². The maximum Gasteiger partial charge on any atom is 0.121 e. The SMILES string of the molecule is NCC(N)c1ccc(O)c(CO)c1. The van der Waals surface area contributed by atoms with Crippen LogP contribution in [0.4, 0.5) is 0 Å². The normalized spacial score (nSPS) is 12.8.